The topological polar surface area (TPSA) is 74.7 Å². The van der Waals surface area contributed by atoms with Gasteiger partial charge in [0.25, 0.3) is 0 Å². The quantitative estimate of drug-likeness (QED) is 0.759. The van der Waals surface area contributed by atoms with Crippen molar-refractivity contribution in [3.63, 3.8) is 0 Å². The lowest BCUT2D eigenvalue weighted by Crippen LogP contribution is -2.09. The monoisotopic (exact) mass is 190 g/mol. The lowest BCUT2D eigenvalue weighted by atomic mass is 10.2. The number of anilines is 2. The summed E-state index contributed by atoms with van der Waals surface area (Å²) in [4.78, 5) is 4.07. The van der Waals surface area contributed by atoms with Crippen LogP contribution in [-0.2, 0) is 0 Å². The molecule has 0 aliphatic rings. The maximum atomic E-state index is 8.70. The van der Waals surface area contributed by atoms with Crippen LogP contribution < -0.4 is 11.1 Å². The zero-order valence-electron chi connectivity index (χ0n) is 8.41. The normalized spacial score (nSPS) is 9.86. The van der Waals surface area contributed by atoms with Crippen molar-refractivity contribution in [1.29, 1.82) is 5.26 Å². The minimum Gasteiger partial charge on any atom is -0.396 e. The number of nitrogens with one attached hydrogen (secondary N) is 1. The molecule has 4 nitrogen and oxygen atoms in total. The minimum atomic E-state index is 0.277. The molecule has 0 saturated heterocycles. The largest absolute Gasteiger partial charge is 0.396 e. The van der Waals surface area contributed by atoms with E-state index in [9.17, 15) is 0 Å². The maximum absolute atomic E-state index is 8.70. The third-order valence-electron chi connectivity index (χ3n) is 1.72. The van der Waals surface area contributed by atoms with Crippen LogP contribution in [0.25, 0.3) is 0 Å². The van der Waals surface area contributed by atoms with E-state index in [4.69, 9.17) is 11.0 Å². The molecule has 1 heterocycles. The van der Waals surface area contributed by atoms with E-state index in [0.717, 1.165) is 6.54 Å². The van der Waals surface area contributed by atoms with Crippen LogP contribution in [0.1, 0.15) is 19.5 Å². The smallest absolute Gasteiger partial charge is 0.165 e. The maximum Gasteiger partial charge on any atom is 0.165 e. The van der Waals surface area contributed by atoms with Gasteiger partial charge in [0.1, 0.15) is 11.9 Å². The zero-order valence-corrected chi connectivity index (χ0v) is 8.41. The molecule has 0 saturated carbocycles. The lowest BCUT2D eigenvalue weighted by Gasteiger charge is -2.08. The standard InChI is InChI=1S/C10H14N4/c1-7(2)6-13-10-4-3-8(12)9(5-11)14-10/h3-4,7H,6,12H2,1-2H3,(H,13,14). The van der Waals surface area contributed by atoms with E-state index in [0.29, 0.717) is 17.4 Å². The van der Waals surface area contributed by atoms with Gasteiger partial charge >= 0.3 is 0 Å². The van der Waals surface area contributed by atoms with Crippen molar-refractivity contribution in [2.24, 2.45) is 5.92 Å². The molecule has 0 aliphatic heterocycles. The van der Waals surface area contributed by atoms with Gasteiger partial charge in [-0.2, -0.15) is 5.26 Å². The lowest BCUT2D eigenvalue weighted by molar-refractivity contribution is 0.687. The van der Waals surface area contributed by atoms with Gasteiger partial charge in [0.2, 0.25) is 0 Å². The SMILES string of the molecule is CC(C)CNc1ccc(N)c(C#N)n1. The van der Waals surface area contributed by atoms with E-state index >= 15 is 0 Å². The fraction of sp³-hybridized carbons (Fsp3) is 0.400. The minimum absolute atomic E-state index is 0.277. The van der Waals surface area contributed by atoms with E-state index in [-0.39, 0.29) is 5.69 Å². The summed E-state index contributed by atoms with van der Waals surface area (Å²) in [6, 6.07) is 5.41. The van der Waals surface area contributed by atoms with Gasteiger partial charge in [-0.15, -0.1) is 0 Å². The predicted octanol–water partition coefficient (Wildman–Crippen LogP) is 1.60. The number of nitrogens with two attached hydrogens (primary N) is 1. The second-order valence-electron chi connectivity index (χ2n) is 3.52. The fourth-order valence-corrected chi connectivity index (χ4v) is 0.967. The molecule has 14 heavy (non-hydrogen) atoms. The van der Waals surface area contributed by atoms with Crippen molar-refractivity contribution in [2.45, 2.75) is 13.8 Å². The Labute approximate surface area is 83.8 Å². The number of aromatic nitrogens is 1. The van der Waals surface area contributed by atoms with Gasteiger partial charge in [-0.1, -0.05) is 13.8 Å². The first-order valence-electron chi connectivity index (χ1n) is 4.54. The summed E-state index contributed by atoms with van der Waals surface area (Å²) in [5.41, 5.74) is 6.24. The van der Waals surface area contributed by atoms with Crippen molar-refractivity contribution < 1.29 is 0 Å². The highest BCUT2D eigenvalue weighted by Crippen LogP contribution is 2.12. The molecule has 0 aliphatic carbocycles. The molecule has 0 amide bonds. The van der Waals surface area contributed by atoms with Crippen molar-refractivity contribution in [3.05, 3.63) is 17.8 Å². The van der Waals surface area contributed by atoms with Gasteiger partial charge in [0.05, 0.1) is 5.69 Å². The summed E-state index contributed by atoms with van der Waals surface area (Å²) in [7, 11) is 0. The Kier molecular flexibility index (Phi) is 3.29. The van der Waals surface area contributed by atoms with E-state index in [2.05, 4.69) is 24.1 Å². The number of hydrogen-bond acceptors (Lipinski definition) is 4. The predicted molar refractivity (Wildman–Crippen MR) is 56.7 cm³/mol. The highest BCUT2D eigenvalue weighted by Gasteiger charge is 2.01. The summed E-state index contributed by atoms with van der Waals surface area (Å²) in [6.07, 6.45) is 0. The van der Waals surface area contributed by atoms with E-state index in [1.54, 1.807) is 12.1 Å². The Bertz CT molecular complexity index is 352. The number of hydrogen-bond donors (Lipinski definition) is 2. The van der Waals surface area contributed by atoms with Crippen molar-refractivity contribution >= 4 is 11.5 Å². The van der Waals surface area contributed by atoms with E-state index in [1.807, 2.05) is 6.07 Å². The molecule has 0 spiro atoms. The van der Waals surface area contributed by atoms with Gasteiger partial charge in [-0.25, -0.2) is 4.98 Å². The first-order chi connectivity index (χ1) is 6.63. The number of nitrogen functional groups attached to an aromatic ring is 1. The Morgan fingerprint density at radius 2 is 2.29 bits per heavy atom. The average Bonchev–Trinajstić information content (AvgIpc) is 2.16. The molecule has 1 rings (SSSR count). The first kappa shape index (κ1) is 10.3. The number of nitriles is 1. The fourth-order valence-electron chi connectivity index (χ4n) is 0.967. The van der Waals surface area contributed by atoms with Crippen LogP contribution in [0.2, 0.25) is 0 Å². The Balaban J connectivity index is 2.76. The van der Waals surface area contributed by atoms with E-state index < -0.39 is 0 Å². The van der Waals surface area contributed by atoms with Crippen molar-refractivity contribution in [3.8, 4) is 6.07 Å². The van der Waals surface area contributed by atoms with Gasteiger partial charge < -0.3 is 11.1 Å². The number of pyridine rings is 1. The summed E-state index contributed by atoms with van der Waals surface area (Å²) in [5, 5.41) is 11.8. The average molecular weight is 190 g/mol. The summed E-state index contributed by atoms with van der Waals surface area (Å²) in [5.74, 6) is 1.24. The summed E-state index contributed by atoms with van der Waals surface area (Å²) in [6.45, 7) is 5.05. The molecule has 0 fully saturated rings. The zero-order chi connectivity index (χ0) is 10.6. The van der Waals surface area contributed by atoms with Gasteiger partial charge in [0.15, 0.2) is 5.69 Å². The van der Waals surface area contributed by atoms with Gasteiger partial charge in [0, 0.05) is 6.54 Å². The van der Waals surface area contributed by atoms with Crippen LogP contribution in [0, 0.1) is 17.2 Å². The summed E-state index contributed by atoms with van der Waals surface area (Å²) < 4.78 is 0. The number of nitrogens with zero attached hydrogens (tertiary/aromatic N) is 2. The second kappa shape index (κ2) is 4.47. The van der Waals surface area contributed by atoms with Crippen LogP contribution in [0.3, 0.4) is 0 Å². The van der Waals surface area contributed by atoms with E-state index in [1.165, 1.54) is 0 Å². The molecular weight excluding hydrogens is 176 g/mol. The Hall–Kier alpha value is -1.76. The molecule has 3 N–H and O–H groups in total. The van der Waals surface area contributed by atoms with Crippen molar-refractivity contribution in [2.75, 3.05) is 17.6 Å². The third kappa shape index (κ3) is 2.63. The molecule has 1 aromatic heterocycles. The van der Waals surface area contributed by atoms with Crippen LogP contribution in [-0.4, -0.2) is 11.5 Å². The van der Waals surface area contributed by atoms with Gasteiger partial charge in [-0.3, -0.25) is 0 Å². The molecule has 0 bridgehead atoms. The third-order valence-corrected chi connectivity index (χ3v) is 1.72. The van der Waals surface area contributed by atoms with Crippen molar-refractivity contribution in [1.82, 2.24) is 4.98 Å². The molecule has 0 unspecified atom stereocenters. The molecule has 1 aromatic rings. The summed E-state index contributed by atoms with van der Waals surface area (Å²) >= 11 is 0. The first-order valence-corrected chi connectivity index (χ1v) is 4.54. The van der Waals surface area contributed by atoms with Crippen LogP contribution >= 0.6 is 0 Å². The van der Waals surface area contributed by atoms with Gasteiger partial charge in [-0.05, 0) is 18.1 Å². The highest BCUT2D eigenvalue weighted by atomic mass is 15.0. The Morgan fingerprint density at radius 1 is 1.57 bits per heavy atom. The Morgan fingerprint density at radius 3 is 2.86 bits per heavy atom. The second-order valence-corrected chi connectivity index (χ2v) is 3.52. The molecular formula is C10H14N4. The molecule has 0 aromatic carbocycles. The molecule has 0 radical (unpaired) electrons. The highest BCUT2D eigenvalue weighted by molar-refractivity contribution is 5.54. The molecule has 0 atom stereocenters. The van der Waals surface area contributed by atoms with Crippen LogP contribution in [0.5, 0.6) is 0 Å². The molecule has 74 valence electrons. The van der Waals surface area contributed by atoms with Crippen LogP contribution in [0.4, 0.5) is 11.5 Å². The number of rotatable bonds is 3. The molecule has 4 heteroatoms. The van der Waals surface area contributed by atoms with Crippen LogP contribution in [0.15, 0.2) is 12.1 Å².